The zero-order chi connectivity index (χ0) is 17.1. The molecule has 5 heteroatoms. The lowest BCUT2D eigenvalue weighted by Gasteiger charge is -2.19. The highest BCUT2D eigenvalue weighted by Crippen LogP contribution is 2.28. The summed E-state index contributed by atoms with van der Waals surface area (Å²) >= 11 is 0. The van der Waals surface area contributed by atoms with Crippen LogP contribution in [0.15, 0.2) is 36.4 Å². The van der Waals surface area contributed by atoms with Crippen molar-refractivity contribution in [2.24, 2.45) is 0 Å². The van der Waals surface area contributed by atoms with E-state index in [-0.39, 0.29) is 17.9 Å². The molecule has 1 aliphatic heterocycles. The summed E-state index contributed by atoms with van der Waals surface area (Å²) < 4.78 is 5.48. The largest absolute Gasteiger partial charge is 0.496 e. The normalized spacial score (nSPS) is 17.3. The van der Waals surface area contributed by atoms with Crippen LogP contribution in [0.4, 0.5) is 0 Å². The minimum atomic E-state index is -0.341. The van der Waals surface area contributed by atoms with E-state index in [9.17, 15) is 9.59 Å². The van der Waals surface area contributed by atoms with Gasteiger partial charge in [-0.25, -0.2) is 0 Å². The monoisotopic (exact) mass is 326 g/mol. The van der Waals surface area contributed by atoms with Crippen molar-refractivity contribution < 1.29 is 14.3 Å². The van der Waals surface area contributed by atoms with Gasteiger partial charge >= 0.3 is 0 Å². The topological polar surface area (TPSA) is 58.6 Å². The van der Waals surface area contributed by atoms with Crippen molar-refractivity contribution in [3.63, 3.8) is 0 Å². The van der Waals surface area contributed by atoms with Crippen LogP contribution in [0.1, 0.15) is 18.4 Å². The van der Waals surface area contributed by atoms with Gasteiger partial charge in [-0.3, -0.25) is 9.59 Å². The maximum atomic E-state index is 12.3. The van der Waals surface area contributed by atoms with Gasteiger partial charge in [0, 0.05) is 25.6 Å². The molecule has 1 saturated heterocycles. The molecule has 5 nitrogen and oxygen atoms in total. The predicted molar refractivity (Wildman–Crippen MR) is 93.0 cm³/mol. The molecule has 1 heterocycles. The van der Waals surface area contributed by atoms with Crippen LogP contribution in [0.2, 0.25) is 0 Å². The molecule has 2 aromatic carbocycles. The van der Waals surface area contributed by atoms with Crippen LogP contribution >= 0.6 is 0 Å². The number of nitrogens with one attached hydrogen (secondary N) is 1. The minimum absolute atomic E-state index is 0.0332. The van der Waals surface area contributed by atoms with E-state index in [1.807, 2.05) is 24.3 Å². The van der Waals surface area contributed by atoms with E-state index in [0.29, 0.717) is 25.8 Å². The summed E-state index contributed by atoms with van der Waals surface area (Å²) in [5, 5.41) is 5.24. The van der Waals surface area contributed by atoms with Crippen LogP contribution in [0.5, 0.6) is 5.75 Å². The molecule has 3 rings (SSSR count). The molecule has 0 bridgehead atoms. The molecule has 1 N–H and O–H groups in total. The average molecular weight is 326 g/mol. The second-order valence-corrected chi connectivity index (χ2v) is 6.07. The molecule has 0 spiro atoms. The van der Waals surface area contributed by atoms with Crippen molar-refractivity contribution in [3.8, 4) is 5.75 Å². The molecule has 2 amide bonds. The lowest BCUT2D eigenvalue weighted by Crippen LogP contribution is -2.43. The first kappa shape index (κ1) is 16.3. The third-order valence-corrected chi connectivity index (χ3v) is 4.69. The van der Waals surface area contributed by atoms with Crippen molar-refractivity contribution in [3.05, 3.63) is 42.0 Å². The van der Waals surface area contributed by atoms with Gasteiger partial charge < -0.3 is 15.0 Å². The van der Waals surface area contributed by atoms with Crippen molar-refractivity contribution in [1.29, 1.82) is 0 Å². The fraction of sp³-hybridized carbons (Fsp3) is 0.368. The number of hydrogen-bond acceptors (Lipinski definition) is 3. The Bertz CT molecular complexity index is 772. The number of amides is 2. The van der Waals surface area contributed by atoms with Crippen molar-refractivity contribution >= 4 is 22.6 Å². The zero-order valence-corrected chi connectivity index (χ0v) is 14.0. The Morgan fingerprint density at radius 3 is 2.79 bits per heavy atom. The first-order chi connectivity index (χ1) is 11.6. The molecule has 1 aliphatic rings. The Morgan fingerprint density at radius 2 is 2.08 bits per heavy atom. The van der Waals surface area contributed by atoms with Crippen LogP contribution in [-0.4, -0.2) is 43.5 Å². The van der Waals surface area contributed by atoms with Gasteiger partial charge in [0.05, 0.1) is 7.11 Å². The van der Waals surface area contributed by atoms with Gasteiger partial charge in [-0.15, -0.1) is 0 Å². The third-order valence-electron chi connectivity index (χ3n) is 4.69. The Morgan fingerprint density at radius 1 is 1.29 bits per heavy atom. The second-order valence-electron chi connectivity index (χ2n) is 6.07. The zero-order valence-electron chi connectivity index (χ0n) is 14.0. The number of methoxy groups -OCH3 is 1. The number of likely N-dealkylation sites (tertiary alicyclic amines) is 1. The Labute approximate surface area is 141 Å². The highest BCUT2D eigenvalue weighted by molar-refractivity contribution is 5.91. The molecule has 1 fully saturated rings. The SMILES string of the molecule is COc1ccc2ccccc2c1CCNC(=O)[C@@H]1CCC(=O)N1C. The van der Waals surface area contributed by atoms with Gasteiger partial charge in [-0.05, 0) is 29.7 Å². The first-order valence-electron chi connectivity index (χ1n) is 8.20. The van der Waals surface area contributed by atoms with Crippen LogP contribution in [0.3, 0.4) is 0 Å². The van der Waals surface area contributed by atoms with Gasteiger partial charge in [-0.1, -0.05) is 30.3 Å². The number of carbonyl (C=O) groups excluding carboxylic acids is 2. The number of fused-ring (bicyclic) bond motifs is 1. The molecule has 1 atom stereocenters. The van der Waals surface area contributed by atoms with Crippen molar-refractivity contribution in [1.82, 2.24) is 10.2 Å². The van der Waals surface area contributed by atoms with E-state index in [1.54, 1.807) is 14.2 Å². The number of ether oxygens (including phenoxy) is 1. The summed E-state index contributed by atoms with van der Waals surface area (Å²) in [5.41, 5.74) is 1.09. The highest BCUT2D eigenvalue weighted by atomic mass is 16.5. The molecular weight excluding hydrogens is 304 g/mol. The summed E-state index contributed by atoms with van der Waals surface area (Å²) in [5.74, 6) is 0.782. The molecule has 0 aromatic heterocycles. The number of hydrogen-bond donors (Lipinski definition) is 1. The van der Waals surface area contributed by atoms with Gasteiger partial charge in [0.25, 0.3) is 0 Å². The lowest BCUT2D eigenvalue weighted by molar-refractivity contribution is -0.133. The van der Waals surface area contributed by atoms with E-state index in [4.69, 9.17) is 4.74 Å². The number of benzene rings is 2. The Kier molecular flexibility index (Phi) is 4.69. The first-order valence-corrected chi connectivity index (χ1v) is 8.20. The summed E-state index contributed by atoms with van der Waals surface area (Å²) in [6.45, 7) is 0.516. The molecule has 0 saturated carbocycles. The van der Waals surface area contributed by atoms with Crippen LogP contribution in [-0.2, 0) is 16.0 Å². The van der Waals surface area contributed by atoms with Crippen LogP contribution in [0, 0.1) is 0 Å². The third kappa shape index (κ3) is 3.07. The molecule has 0 radical (unpaired) electrons. The fourth-order valence-corrected chi connectivity index (χ4v) is 3.30. The summed E-state index contributed by atoms with van der Waals surface area (Å²) in [4.78, 5) is 25.4. The maximum absolute atomic E-state index is 12.3. The van der Waals surface area contributed by atoms with Crippen molar-refractivity contribution in [2.45, 2.75) is 25.3 Å². The predicted octanol–water partition coefficient (Wildman–Crippen LogP) is 2.13. The number of rotatable bonds is 5. The average Bonchev–Trinajstić information content (AvgIpc) is 2.94. The van der Waals surface area contributed by atoms with Gasteiger partial charge in [0.15, 0.2) is 0 Å². The molecule has 126 valence electrons. The van der Waals surface area contributed by atoms with Gasteiger partial charge in [0.1, 0.15) is 11.8 Å². The Hall–Kier alpha value is -2.56. The lowest BCUT2D eigenvalue weighted by atomic mass is 10.0. The van der Waals surface area contributed by atoms with Gasteiger partial charge in [-0.2, -0.15) is 0 Å². The molecular formula is C19H22N2O3. The van der Waals surface area contributed by atoms with E-state index < -0.39 is 0 Å². The minimum Gasteiger partial charge on any atom is -0.496 e. The Balaban J connectivity index is 1.69. The summed E-state index contributed by atoms with van der Waals surface area (Å²) in [7, 11) is 3.35. The highest BCUT2D eigenvalue weighted by Gasteiger charge is 2.32. The van der Waals surface area contributed by atoms with E-state index in [0.717, 1.165) is 22.1 Å². The quantitative estimate of drug-likeness (QED) is 0.916. The van der Waals surface area contributed by atoms with E-state index >= 15 is 0 Å². The standard InChI is InChI=1S/C19H22N2O3/c1-21-16(8-10-18(21)22)19(23)20-12-11-15-14-6-4-3-5-13(14)7-9-17(15)24-2/h3-7,9,16H,8,10-12H2,1-2H3,(H,20,23)/t16-/m0/s1. The molecule has 0 unspecified atom stereocenters. The fourth-order valence-electron chi connectivity index (χ4n) is 3.30. The summed E-state index contributed by atoms with van der Waals surface area (Å²) in [6, 6.07) is 11.8. The molecule has 24 heavy (non-hydrogen) atoms. The number of carbonyl (C=O) groups is 2. The van der Waals surface area contributed by atoms with Crippen molar-refractivity contribution in [2.75, 3.05) is 20.7 Å². The van der Waals surface area contributed by atoms with Crippen LogP contribution < -0.4 is 10.1 Å². The molecule has 2 aromatic rings. The number of likely N-dealkylation sites (N-methyl/N-ethyl adjacent to an activating group) is 1. The van der Waals surface area contributed by atoms with E-state index in [1.165, 1.54) is 4.90 Å². The van der Waals surface area contributed by atoms with E-state index in [2.05, 4.69) is 17.4 Å². The summed E-state index contributed by atoms with van der Waals surface area (Å²) in [6.07, 6.45) is 1.73. The number of nitrogens with zero attached hydrogens (tertiary/aromatic N) is 1. The second kappa shape index (κ2) is 6.91. The maximum Gasteiger partial charge on any atom is 0.242 e. The molecule has 0 aliphatic carbocycles. The smallest absolute Gasteiger partial charge is 0.242 e. The van der Waals surface area contributed by atoms with Gasteiger partial charge in [0.2, 0.25) is 11.8 Å². The van der Waals surface area contributed by atoms with Crippen LogP contribution in [0.25, 0.3) is 10.8 Å².